The molecule has 1 aromatic rings. The zero-order valence-electron chi connectivity index (χ0n) is 7.43. The van der Waals surface area contributed by atoms with Crippen LogP contribution in [0, 0.1) is 6.92 Å². The summed E-state index contributed by atoms with van der Waals surface area (Å²) in [6, 6.07) is 5.70. The number of aliphatic hydroxyl groups is 1. The van der Waals surface area contributed by atoms with Gasteiger partial charge in [0.25, 0.3) is 0 Å². The van der Waals surface area contributed by atoms with E-state index >= 15 is 0 Å². The maximum atomic E-state index is 8.79. The number of aryl methyl sites for hydroxylation is 1. The Hall–Kier alpha value is -0.240. The largest absolute Gasteiger partial charge is 0.395 e. The molecule has 0 bridgehead atoms. The topological polar surface area (TPSA) is 20.2 Å². The summed E-state index contributed by atoms with van der Waals surface area (Å²) in [5.41, 5.74) is 2.25. The highest BCUT2D eigenvalue weighted by atomic mass is 35.5. The van der Waals surface area contributed by atoms with Gasteiger partial charge in [-0.15, -0.1) is 11.6 Å². The molecule has 1 atom stereocenters. The fraction of sp³-hybridized carbons (Fsp3) is 0.400. The van der Waals surface area contributed by atoms with Crippen molar-refractivity contribution < 1.29 is 5.11 Å². The molecule has 1 nitrogen and oxygen atoms in total. The Balaban J connectivity index is 2.81. The standard InChI is InChI=1S/C10H12Cl2O/c1-7-2-3-9(11)4-8(7)5-10(12)6-13/h2-4,10,13H,5-6H2,1H3. The lowest BCUT2D eigenvalue weighted by atomic mass is 10.0. The predicted octanol–water partition coefficient (Wildman–Crippen LogP) is 2.79. The molecule has 0 aliphatic carbocycles. The Bertz CT molecular complexity index is 286. The van der Waals surface area contributed by atoms with E-state index in [4.69, 9.17) is 28.3 Å². The third kappa shape index (κ3) is 3.18. The van der Waals surface area contributed by atoms with E-state index in [-0.39, 0.29) is 12.0 Å². The van der Waals surface area contributed by atoms with Gasteiger partial charge in [0.05, 0.1) is 12.0 Å². The van der Waals surface area contributed by atoms with E-state index in [0.717, 1.165) is 11.1 Å². The average molecular weight is 219 g/mol. The summed E-state index contributed by atoms with van der Waals surface area (Å²) in [4.78, 5) is 0. The average Bonchev–Trinajstić information content (AvgIpc) is 2.11. The Labute approximate surface area is 88.3 Å². The second-order valence-electron chi connectivity index (χ2n) is 3.05. The first-order valence-electron chi connectivity index (χ1n) is 4.13. The maximum absolute atomic E-state index is 8.79. The van der Waals surface area contributed by atoms with Gasteiger partial charge in [-0.1, -0.05) is 17.7 Å². The van der Waals surface area contributed by atoms with Crippen LogP contribution in [0.2, 0.25) is 5.02 Å². The predicted molar refractivity (Wildman–Crippen MR) is 56.6 cm³/mol. The molecule has 1 unspecified atom stereocenters. The molecule has 0 amide bonds. The van der Waals surface area contributed by atoms with Crippen LogP contribution in [-0.2, 0) is 6.42 Å². The van der Waals surface area contributed by atoms with Crippen LogP contribution in [0.15, 0.2) is 18.2 Å². The molecule has 1 aromatic carbocycles. The van der Waals surface area contributed by atoms with Crippen LogP contribution < -0.4 is 0 Å². The fourth-order valence-corrected chi connectivity index (χ4v) is 1.52. The van der Waals surface area contributed by atoms with Crippen molar-refractivity contribution in [3.8, 4) is 0 Å². The molecule has 0 spiro atoms. The van der Waals surface area contributed by atoms with Crippen molar-refractivity contribution in [2.24, 2.45) is 0 Å². The summed E-state index contributed by atoms with van der Waals surface area (Å²) in [6.45, 7) is 2.00. The molecule has 72 valence electrons. The molecule has 0 heterocycles. The molecular formula is C10H12Cl2O. The summed E-state index contributed by atoms with van der Waals surface area (Å²) in [5, 5.41) is 9.28. The van der Waals surface area contributed by atoms with E-state index in [9.17, 15) is 0 Å². The van der Waals surface area contributed by atoms with Crippen molar-refractivity contribution in [3.63, 3.8) is 0 Å². The molecule has 0 aliphatic heterocycles. The second-order valence-corrected chi connectivity index (χ2v) is 4.11. The lowest BCUT2D eigenvalue weighted by Gasteiger charge is -2.09. The molecule has 0 aliphatic rings. The Kier molecular flexibility index (Phi) is 4.04. The van der Waals surface area contributed by atoms with E-state index in [0.29, 0.717) is 11.4 Å². The summed E-state index contributed by atoms with van der Waals surface area (Å²) >= 11 is 11.7. The van der Waals surface area contributed by atoms with Gasteiger partial charge >= 0.3 is 0 Å². The molecule has 1 rings (SSSR count). The highest BCUT2D eigenvalue weighted by molar-refractivity contribution is 6.30. The Morgan fingerprint density at radius 1 is 1.46 bits per heavy atom. The number of rotatable bonds is 3. The number of hydrogen-bond acceptors (Lipinski definition) is 1. The van der Waals surface area contributed by atoms with Crippen LogP contribution in [0.25, 0.3) is 0 Å². The van der Waals surface area contributed by atoms with Crippen LogP contribution in [-0.4, -0.2) is 17.1 Å². The summed E-state index contributed by atoms with van der Waals surface area (Å²) in [7, 11) is 0. The minimum Gasteiger partial charge on any atom is -0.395 e. The molecule has 0 fully saturated rings. The van der Waals surface area contributed by atoms with Gasteiger partial charge in [-0.2, -0.15) is 0 Å². The van der Waals surface area contributed by atoms with Gasteiger partial charge in [-0.3, -0.25) is 0 Å². The minimum atomic E-state index is -0.225. The van der Waals surface area contributed by atoms with Crippen molar-refractivity contribution in [1.82, 2.24) is 0 Å². The Morgan fingerprint density at radius 2 is 2.15 bits per heavy atom. The third-order valence-corrected chi connectivity index (χ3v) is 2.48. The fourth-order valence-electron chi connectivity index (χ4n) is 1.16. The smallest absolute Gasteiger partial charge is 0.0607 e. The molecule has 13 heavy (non-hydrogen) atoms. The summed E-state index contributed by atoms with van der Waals surface area (Å²) < 4.78 is 0. The highest BCUT2D eigenvalue weighted by Crippen LogP contribution is 2.18. The number of halogens is 2. The lowest BCUT2D eigenvalue weighted by Crippen LogP contribution is -2.09. The van der Waals surface area contributed by atoms with E-state index in [2.05, 4.69) is 0 Å². The maximum Gasteiger partial charge on any atom is 0.0607 e. The van der Waals surface area contributed by atoms with E-state index in [1.54, 1.807) is 0 Å². The first kappa shape index (κ1) is 10.8. The molecule has 0 aromatic heterocycles. The molecular weight excluding hydrogens is 207 g/mol. The molecule has 1 N–H and O–H groups in total. The van der Waals surface area contributed by atoms with E-state index in [1.807, 2.05) is 25.1 Å². The van der Waals surface area contributed by atoms with Gasteiger partial charge in [0, 0.05) is 5.02 Å². The first-order valence-corrected chi connectivity index (χ1v) is 4.95. The molecule has 3 heteroatoms. The van der Waals surface area contributed by atoms with Crippen molar-refractivity contribution >= 4 is 23.2 Å². The lowest BCUT2D eigenvalue weighted by molar-refractivity contribution is 0.292. The number of hydrogen-bond donors (Lipinski definition) is 1. The van der Waals surface area contributed by atoms with Crippen molar-refractivity contribution in [2.45, 2.75) is 18.7 Å². The van der Waals surface area contributed by atoms with Crippen LogP contribution in [0.4, 0.5) is 0 Å². The number of benzene rings is 1. The Morgan fingerprint density at radius 3 is 2.77 bits per heavy atom. The van der Waals surface area contributed by atoms with Crippen molar-refractivity contribution in [2.75, 3.05) is 6.61 Å². The van der Waals surface area contributed by atoms with Gasteiger partial charge in [0.2, 0.25) is 0 Å². The van der Waals surface area contributed by atoms with Gasteiger partial charge in [-0.05, 0) is 36.6 Å². The second kappa shape index (κ2) is 4.85. The van der Waals surface area contributed by atoms with Crippen molar-refractivity contribution in [3.05, 3.63) is 34.3 Å². The zero-order valence-corrected chi connectivity index (χ0v) is 8.94. The van der Waals surface area contributed by atoms with E-state index in [1.165, 1.54) is 0 Å². The number of aliphatic hydroxyl groups excluding tert-OH is 1. The first-order chi connectivity index (χ1) is 6.13. The van der Waals surface area contributed by atoms with Crippen LogP contribution in [0.3, 0.4) is 0 Å². The molecule has 0 saturated carbocycles. The highest BCUT2D eigenvalue weighted by Gasteiger charge is 2.06. The number of alkyl halides is 1. The van der Waals surface area contributed by atoms with Crippen LogP contribution in [0.5, 0.6) is 0 Å². The third-order valence-electron chi connectivity index (χ3n) is 1.95. The van der Waals surface area contributed by atoms with Gasteiger partial charge in [0.15, 0.2) is 0 Å². The minimum absolute atomic E-state index is 0.00644. The normalized spacial score (nSPS) is 12.9. The van der Waals surface area contributed by atoms with Gasteiger partial charge in [-0.25, -0.2) is 0 Å². The van der Waals surface area contributed by atoms with E-state index < -0.39 is 0 Å². The van der Waals surface area contributed by atoms with Crippen molar-refractivity contribution in [1.29, 1.82) is 0 Å². The zero-order chi connectivity index (χ0) is 9.84. The molecule has 0 radical (unpaired) electrons. The monoisotopic (exact) mass is 218 g/mol. The summed E-state index contributed by atoms with van der Waals surface area (Å²) in [6.07, 6.45) is 0.657. The van der Waals surface area contributed by atoms with Gasteiger partial charge in [0.1, 0.15) is 0 Å². The SMILES string of the molecule is Cc1ccc(Cl)cc1CC(Cl)CO. The van der Waals surface area contributed by atoms with Crippen LogP contribution in [0.1, 0.15) is 11.1 Å². The van der Waals surface area contributed by atoms with Crippen LogP contribution >= 0.6 is 23.2 Å². The molecule has 0 saturated heterocycles. The quantitative estimate of drug-likeness (QED) is 0.775. The van der Waals surface area contributed by atoms with Gasteiger partial charge < -0.3 is 5.11 Å². The summed E-state index contributed by atoms with van der Waals surface area (Å²) in [5.74, 6) is 0.